The van der Waals surface area contributed by atoms with Crippen LogP contribution in [0.2, 0.25) is 5.02 Å². The second-order valence-corrected chi connectivity index (χ2v) is 4.39. The van der Waals surface area contributed by atoms with E-state index in [0.29, 0.717) is 5.56 Å². The number of benzene rings is 1. The molecule has 0 saturated heterocycles. The Balaban J connectivity index is 2.52. The van der Waals surface area contributed by atoms with Crippen LogP contribution in [0.4, 0.5) is 4.39 Å². The lowest BCUT2D eigenvalue weighted by Gasteiger charge is -2.01. The molecule has 1 heterocycles. The van der Waals surface area contributed by atoms with Crippen molar-refractivity contribution in [3.8, 4) is 11.3 Å². The Labute approximate surface area is 108 Å². The monoisotopic (exact) mass is 319 g/mol. The van der Waals surface area contributed by atoms with E-state index in [1.54, 1.807) is 0 Å². The molecule has 0 saturated carbocycles. The molecular weight excluding hydrogens is 316 g/mol. The number of aromatic nitrogens is 1. The van der Waals surface area contributed by atoms with Gasteiger partial charge in [0.25, 0.3) is 0 Å². The van der Waals surface area contributed by atoms with Gasteiger partial charge in [-0.05, 0) is 28.1 Å². The predicted octanol–water partition coefficient (Wildman–Crippen LogP) is 3.59. The summed E-state index contributed by atoms with van der Waals surface area (Å²) in [7, 11) is 0. The summed E-state index contributed by atoms with van der Waals surface area (Å²) in [5.74, 6) is -1.57. The molecule has 0 atom stereocenters. The number of hydrogen-bond acceptors (Lipinski definition) is 3. The molecule has 0 aliphatic rings. The lowest BCUT2D eigenvalue weighted by atomic mass is 10.1. The van der Waals surface area contributed by atoms with Crippen molar-refractivity contribution < 1.29 is 18.8 Å². The van der Waals surface area contributed by atoms with E-state index in [4.69, 9.17) is 21.2 Å². The maximum absolute atomic E-state index is 13.1. The van der Waals surface area contributed by atoms with Crippen LogP contribution in [0.5, 0.6) is 0 Å². The summed E-state index contributed by atoms with van der Waals surface area (Å²) < 4.78 is 18.2. The Hall–Kier alpha value is -1.40. The summed E-state index contributed by atoms with van der Waals surface area (Å²) in [6.45, 7) is 0. The third kappa shape index (κ3) is 2.32. The highest BCUT2D eigenvalue weighted by Gasteiger charge is 2.16. The first kappa shape index (κ1) is 12.1. The van der Waals surface area contributed by atoms with E-state index in [-0.39, 0.29) is 20.9 Å². The van der Waals surface area contributed by atoms with Crippen LogP contribution in [-0.2, 0) is 0 Å². The minimum Gasteiger partial charge on any atom is -0.476 e. The molecule has 0 spiro atoms. The van der Waals surface area contributed by atoms with Gasteiger partial charge in [0.1, 0.15) is 5.82 Å². The fourth-order valence-corrected chi connectivity index (χ4v) is 1.80. The van der Waals surface area contributed by atoms with E-state index in [0.717, 1.165) is 6.07 Å². The average molecular weight is 321 g/mol. The van der Waals surface area contributed by atoms with Crippen molar-refractivity contribution in [1.29, 1.82) is 0 Å². The van der Waals surface area contributed by atoms with Crippen molar-refractivity contribution in [2.24, 2.45) is 0 Å². The Morgan fingerprint density at radius 3 is 2.76 bits per heavy atom. The molecule has 2 aromatic rings. The van der Waals surface area contributed by atoms with Crippen LogP contribution in [-0.4, -0.2) is 16.2 Å². The Morgan fingerprint density at radius 1 is 1.47 bits per heavy atom. The van der Waals surface area contributed by atoms with E-state index < -0.39 is 11.8 Å². The second-order valence-electron chi connectivity index (χ2n) is 3.13. The highest BCUT2D eigenvalue weighted by molar-refractivity contribution is 9.10. The molecule has 0 aliphatic carbocycles. The first-order chi connectivity index (χ1) is 7.99. The number of carbonyl (C=O) groups is 1. The van der Waals surface area contributed by atoms with E-state index >= 15 is 0 Å². The molecule has 1 N–H and O–H groups in total. The molecule has 1 aromatic carbocycles. The molecule has 4 nitrogen and oxygen atoms in total. The van der Waals surface area contributed by atoms with Gasteiger partial charge in [-0.2, -0.15) is 0 Å². The summed E-state index contributed by atoms with van der Waals surface area (Å²) in [4.78, 5) is 10.6. The van der Waals surface area contributed by atoms with E-state index in [1.807, 2.05) is 0 Å². The van der Waals surface area contributed by atoms with Crippen LogP contribution in [0.25, 0.3) is 11.3 Å². The number of nitrogens with zero attached hydrogens (tertiary/aromatic N) is 1. The molecule has 0 fully saturated rings. The number of aromatic carboxylic acids is 1. The molecule has 17 heavy (non-hydrogen) atoms. The van der Waals surface area contributed by atoms with Gasteiger partial charge in [0, 0.05) is 11.6 Å². The van der Waals surface area contributed by atoms with Crippen molar-refractivity contribution in [3.05, 3.63) is 39.2 Å². The van der Waals surface area contributed by atoms with E-state index in [1.165, 1.54) is 12.1 Å². The smallest absolute Gasteiger partial charge is 0.358 e. The Morgan fingerprint density at radius 2 is 2.18 bits per heavy atom. The lowest BCUT2D eigenvalue weighted by molar-refractivity contribution is 0.0686. The standard InChI is InChI=1S/C10H4BrClFNO3/c11-5-1-4(6(12)2-7(5)13)9-3-8(10(15)16)14-17-9/h1-3H,(H,15,16). The van der Waals surface area contributed by atoms with Gasteiger partial charge in [-0.15, -0.1) is 0 Å². The van der Waals surface area contributed by atoms with E-state index in [9.17, 15) is 9.18 Å². The van der Waals surface area contributed by atoms with Crippen LogP contribution in [0.15, 0.2) is 27.2 Å². The third-order valence-electron chi connectivity index (χ3n) is 2.00. The van der Waals surface area contributed by atoms with Crippen molar-refractivity contribution in [2.75, 3.05) is 0 Å². The van der Waals surface area contributed by atoms with Crippen LogP contribution in [0, 0.1) is 5.82 Å². The number of hydrogen-bond donors (Lipinski definition) is 1. The summed E-state index contributed by atoms with van der Waals surface area (Å²) in [6.07, 6.45) is 0. The Kier molecular flexibility index (Phi) is 3.17. The van der Waals surface area contributed by atoms with Gasteiger partial charge >= 0.3 is 5.97 Å². The fraction of sp³-hybridized carbons (Fsp3) is 0. The van der Waals surface area contributed by atoms with Crippen molar-refractivity contribution in [3.63, 3.8) is 0 Å². The zero-order valence-corrected chi connectivity index (χ0v) is 10.4. The second kappa shape index (κ2) is 4.46. The van der Waals surface area contributed by atoms with Gasteiger partial charge in [-0.25, -0.2) is 9.18 Å². The number of carboxylic acids is 1. The SMILES string of the molecule is O=C(O)c1cc(-c2cc(Br)c(F)cc2Cl)on1. The maximum atomic E-state index is 13.1. The quantitative estimate of drug-likeness (QED) is 0.859. The summed E-state index contributed by atoms with van der Waals surface area (Å²) >= 11 is 8.83. The molecule has 7 heteroatoms. The predicted molar refractivity (Wildman–Crippen MR) is 61.6 cm³/mol. The van der Waals surface area contributed by atoms with Crippen molar-refractivity contribution in [1.82, 2.24) is 5.16 Å². The van der Waals surface area contributed by atoms with Gasteiger partial charge in [-0.1, -0.05) is 16.8 Å². The first-order valence-corrected chi connectivity index (χ1v) is 5.51. The zero-order chi connectivity index (χ0) is 12.6. The van der Waals surface area contributed by atoms with Crippen molar-refractivity contribution in [2.45, 2.75) is 0 Å². The van der Waals surface area contributed by atoms with Gasteiger partial charge < -0.3 is 9.63 Å². The minimum absolute atomic E-state index is 0.110. The average Bonchev–Trinajstić information content (AvgIpc) is 2.72. The topological polar surface area (TPSA) is 63.3 Å². The van der Waals surface area contributed by atoms with Gasteiger partial charge in [0.2, 0.25) is 0 Å². The zero-order valence-electron chi connectivity index (χ0n) is 8.08. The lowest BCUT2D eigenvalue weighted by Crippen LogP contribution is -1.94. The molecule has 0 aliphatic heterocycles. The molecular formula is C10H4BrClFNO3. The molecule has 1 aromatic heterocycles. The minimum atomic E-state index is -1.21. The van der Waals surface area contributed by atoms with Gasteiger partial charge in [0.15, 0.2) is 11.5 Å². The highest BCUT2D eigenvalue weighted by atomic mass is 79.9. The van der Waals surface area contributed by atoms with Gasteiger partial charge in [0.05, 0.1) is 9.50 Å². The number of halogens is 3. The third-order valence-corrected chi connectivity index (χ3v) is 2.93. The van der Waals surface area contributed by atoms with Crippen LogP contribution >= 0.6 is 27.5 Å². The molecule has 0 bridgehead atoms. The van der Waals surface area contributed by atoms with Crippen LogP contribution in [0.1, 0.15) is 10.5 Å². The normalized spacial score (nSPS) is 10.5. The highest BCUT2D eigenvalue weighted by Crippen LogP contribution is 2.32. The maximum Gasteiger partial charge on any atom is 0.358 e. The molecule has 88 valence electrons. The van der Waals surface area contributed by atoms with Crippen molar-refractivity contribution >= 4 is 33.5 Å². The largest absolute Gasteiger partial charge is 0.476 e. The molecule has 0 radical (unpaired) electrons. The molecule has 0 amide bonds. The molecule has 2 rings (SSSR count). The summed E-state index contributed by atoms with van der Waals surface area (Å²) in [6, 6.07) is 3.71. The van der Waals surface area contributed by atoms with Gasteiger partial charge in [-0.3, -0.25) is 0 Å². The summed E-state index contributed by atoms with van der Waals surface area (Å²) in [5.41, 5.74) is 0.122. The van der Waals surface area contributed by atoms with Crippen LogP contribution in [0.3, 0.4) is 0 Å². The van der Waals surface area contributed by atoms with E-state index in [2.05, 4.69) is 21.1 Å². The summed E-state index contributed by atoms with van der Waals surface area (Å²) in [5, 5.41) is 12.1. The first-order valence-electron chi connectivity index (χ1n) is 4.34. The number of carboxylic acid groups (broad SMARTS) is 1. The number of rotatable bonds is 2. The Bertz CT molecular complexity index is 599. The fourth-order valence-electron chi connectivity index (χ4n) is 1.21. The van der Waals surface area contributed by atoms with Crippen LogP contribution < -0.4 is 0 Å². The molecule has 0 unspecified atom stereocenters.